The van der Waals surface area contributed by atoms with Crippen molar-refractivity contribution in [3.05, 3.63) is 23.8 Å². The Balaban J connectivity index is 3.96. The van der Waals surface area contributed by atoms with Crippen molar-refractivity contribution in [1.82, 2.24) is 0 Å². The van der Waals surface area contributed by atoms with Crippen LogP contribution in [-0.2, 0) is 9.47 Å². The molecule has 0 saturated heterocycles. The first-order chi connectivity index (χ1) is 7.11. The molecular formula is C13H24O2. The van der Waals surface area contributed by atoms with Crippen molar-refractivity contribution >= 4 is 0 Å². The summed E-state index contributed by atoms with van der Waals surface area (Å²) < 4.78 is 10.9. The summed E-state index contributed by atoms with van der Waals surface area (Å²) in [5.41, 5.74) is 2.36. The van der Waals surface area contributed by atoms with Gasteiger partial charge in [0.05, 0.1) is 0 Å². The summed E-state index contributed by atoms with van der Waals surface area (Å²) in [5, 5.41) is 0. The molecule has 0 aromatic carbocycles. The first-order valence-electron chi connectivity index (χ1n) is 5.66. The van der Waals surface area contributed by atoms with E-state index in [-0.39, 0.29) is 6.29 Å². The van der Waals surface area contributed by atoms with Crippen molar-refractivity contribution in [3.8, 4) is 0 Å². The maximum Gasteiger partial charge on any atom is 0.179 e. The minimum absolute atomic E-state index is 0.231. The predicted molar refractivity (Wildman–Crippen MR) is 64.8 cm³/mol. The largest absolute Gasteiger partial charge is 0.349 e. The van der Waals surface area contributed by atoms with Gasteiger partial charge in [-0.1, -0.05) is 18.2 Å². The summed E-state index contributed by atoms with van der Waals surface area (Å²) in [7, 11) is 0. The quantitative estimate of drug-likeness (QED) is 0.451. The highest BCUT2D eigenvalue weighted by Gasteiger charge is 2.11. The summed E-state index contributed by atoms with van der Waals surface area (Å²) in [4.78, 5) is 0. The molecule has 0 aromatic rings. The van der Waals surface area contributed by atoms with Gasteiger partial charge in [0.25, 0.3) is 0 Å². The van der Waals surface area contributed by atoms with Crippen molar-refractivity contribution < 1.29 is 9.47 Å². The van der Waals surface area contributed by atoms with Crippen LogP contribution in [-0.4, -0.2) is 19.5 Å². The highest BCUT2D eigenvalue weighted by molar-refractivity contribution is 5.02. The number of ether oxygens (including phenoxy) is 2. The van der Waals surface area contributed by atoms with Crippen molar-refractivity contribution in [2.45, 2.75) is 46.8 Å². The summed E-state index contributed by atoms with van der Waals surface area (Å²) in [6.45, 7) is 13.5. The fourth-order valence-corrected chi connectivity index (χ4v) is 1.25. The van der Waals surface area contributed by atoms with Crippen LogP contribution in [0.3, 0.4) is 0 Å². The van der Waals surface area contributed by atoms with Gasteiger partial charge in [-0.25, -0.2) is 0 Å². The lowest BCUT2D eigenvalue weighted by molar-refractivity contribution is -0.112. The topological polar surface area (TPSA) is 18.5 Å². The first-order valence-corrected chi connectivity index (χ1v) is 5.66. The Bertz CT molecular complexity index is 197. The van der Waals surface area contributed by atoms with Crippen molar-refractivity contribution in [3.63, 3.8) is 0 Å². The van der Waals surface area contributed by atoms with E-state index in [9.17, 15) is 0 Å². The Morgan fingerprint density at radius 2 is 1.73 bits per heavy atom. The molecule has 0 N–H and O–H groups in total. The number of rotatable bonds is 8. The molecule has 2 nitrogen and oxygen atoms in total. The number of hydrogen-bond acceptors (Lipinski definition) is 2. The van der Waals surface area contributed by atoms with Crippen LogP contribution in [0.15, 0.2) is 23.8 Å². The van der Waals surface area contributed by atoms with Crippen LogP contribution >= 0.6 is 0 Å². The Hall–Kier alpha value is -0.600. The minimum atomic E-state index is -0.231. The molecule has 88 valence electrons. The van der Waals surface area contributed by atoms with E-state index >= 15 is 0 Å². The van der Waals surface area contributed by atoms with Gasteiger partial charge >= 0.3 is 0 Å². The van der Waals surface area contributed by atoms with E-state index in [4.69, 9.17) is 9.47 Å². The third-order valence-electron chi connectivity index (χ3n) is 1.99. The fraction of sp³-hybridized carbons (Fsp3) is 0.692. The standard InChI is InChI=1S/C13H24O2/c1-6-14-13(15-7-2)12(5)10-8-9-11(3)4/h9,13H,5-8,10H2,1-4H3. The normalized spacial score (nSPS) is 10.5. The molecule has 0 unspecified atom stereocenters. The molecule has 0 radical (unpaired) electrons. The highest BCUT2D eigenvalue weighted by Crippen LogP contribution is 2.14. The molecular weight excluding hydrogens is 188 g/mol. The SMILES string of the molecule is C=C(CCC=C(C)C)C(OCC)OCC. The maximum atomic E-state index is 5.46. The van der Waals surface area contributed by atoms with Crippen molar-refractivity contribution in [1.29, 1.82) is 0 Å². The lowest BCUT2D eigenvalue weighted by Crippen LogP contribution is -2.19. The molecule has 0 heterocycles. The van der Waals surface area contributed by atoms with Gasteiger partial charge in [0.2, 0.25) is 0 Å². The van der Waals surface area contributed by atoms with E-state index < -0.39 is 0 Å². The zero-order chi connectivity index (χ0) is 11.7. The van der Waals surface area contributed by atoms with Gasteiger partial charge in [-0.15, -0.1) is 0 Å². The van der Waals surface area contributed by atoms with E-state index in [2.05, 4.69) is 26.5 Å². The van der Waals surface area contributed by atoms with E-state index in [1.165, 1.54) is 5.57 Å². The molecule has 0 spiro atoms. The third-order valence-corrected chi connectivity index (χ3v) is 1.99. The van der Waals surface area contributed by atoms with Crippen LogP contribution in [0.4, 0.5) is 0 Å². The van der Waals surface area contributed by atoms with E-state index in [1.54, 1.807) is 0 Å². The lowest BCUT2D eigenvalue weighted by atomic mass is 10.1. The molecule has 2 heteroatoms. The highest BCUT2D eigenvalue weighted by atomic mass is 16.7. The third kappa shape index (κ3) is 7.34. The van der Waals surface area contributed by atoms with Gasteiger partial charge in [0.1, 0.15) is 0 Å². The number of allylic oxidation sites excluding steroid dienone is 2. The molecule has 0 saturated carbocycles. The van der Waals surface area contributed by atoms with Crippen LogP contribution in [0, 0.1) is 0 Å². The minimum Gasteiger partial charge on any atom is -0.349 e. The predicted octanol–water partition coefficient (Wildman–Crippen LogP) is 3.69. The van der Waals surface area contributed by atoms with Crippen LogP contribution < -0.4 is 0 Å². The Morgan fingerprint density at radius 1 is 1.20 bits per heavy atom. The second-order valence-electron chi connectivity index (χ2n) is 3.72. The maximum absolute atomic E-state index is 5.46. The van der Waals surface area contributed by atoms with Crippen LogP contribution in [0.1, 0.15) is 40.5 Å². The summed E-state index contributed by atoms with van der Waals surface area (Å²) >= 11 is 0. The van der Waals surface area contributed by atoms with E-state index in [1.807, 2.05) is 13.8 Å². The first kappa shape index (κ1) is 14.4. The smallest absolute Gasteiger partial charge is 0.179 e. The van der Waals surface area contributed by atoms with Gasteiger partial charge in [-0.2, -0.15) is 0 Å². The molecule has 0 atom stereocenters. The summed E-state index contributed by atoms with van der Waals surface area (Å²) in [5.74, 6) is 0. The monoisotopic (exact) mass is 212 g/mol. The molecule has 15 heavy (non-hydrogen) atoms. The summed E-state index contributed by atoms with van der Waals surface area (Å²) in [6.07, 6.45) is 3.92. The van der Waals surface area contributed by atoms with Crippen LogP contribution in [0.2, 0.25) is 0 Å². The fourth-order valence-electron chi connectivity index (χ4n) is 1.25. The molecule has 0 aliphatic carbocycles. The average Bonchev–Trinajstić information content (AvgIpc) is 2.16. The molecule has 0 aliphatic rings. The van der Waals surface area contributed by atoms with Crippen LogP contribution in [0.5, 0.6) is 0 Å². The van der Waals surface area contributed by atoms with Gasteiger partial charge in [0.15, 0.2) is 6.29 Å². The van der Waals surface area contributed by atoms with Crippen molar-refractivity contribution in [2.75, 3.05) is 13.2 Å². The molecule has 0 aromatic heterocycles. The van der Waals surface area contributed by atoms with Gasteiger partial charge in [-0.05, 0) is 46.1 Å². The Kier molecular flexibility index (Phi) is 8.34. The zero-order valence-corrected chi connectivity index (χ0v) is 10.5. The molecule has 0 amide bonds. The molecule has 0 rings (SSSR count). The van der Waals surface area contributed by atoms with Gasteiger partial charge < -0.3 is 9.47 Å². The molecule has 0 fully saturated rings. The second kappa shape index (κ2) is 8.69. The van der Waals surface area contributed by atoms with E-state index in [0.717, 1.165) is 18.4 Å². The Morgan fingerprint density at radius 3 is 2.13 bits per heavy atom. The molecule has 0 bridgehead atoms. The summed E-state index contributed by atoms with van der Waals surface area (Å²) in [6, 6.07) is 0. The molecule has 0 aliphatic heterocycles. The van der Waals surface area contributed by atoms with Gasteiger partial charge in [0, 0.05) is 13.2 Å². The Labute approximate surface area is 94.0 Å². The lowest BCUT2D eigenvalue weighted by Gasteiger charge is -2.18. The van der Waals surface area contributed by atoms with E-state index in [0.29, 0.717) is 13.2 Å². The van der Waals surface area contributed by atoms with Crippen LogP contribution in [0.25, 0.3) is 0 Å². The number of hydrogen-bond donors (Lipinski definition) is 0. The average molecular weight is 212 g/mol. The van der Waals surface area contributed by atoms with Gasteiger partial charge in [-0.3, -0.25) is 0 Å². The zero-order valence-electron chi connectivity index (χ0n) is 10.5. The second-order valence-corrected chi connectivity index (χ2v) is 3.72. The van der Waals surface area contributed by atoms with Crippen molar-refractivity contribution in [2.24, 2.45) is 0 Å².